The highest BCUT2D eigenvalue weighted by Gasteiger charge is 1.97. The molecule has 1 aromatic heterocycles. The zero-order chi connectivity index (χ0) is 8.27. The van der Waals surface area contributed by atoms with E-state index in [4.69, 9.17) is 5.73 Å². The van der Waals surface area contributed by atoms with Crippen LogP contribution < -0.4 is 10.5 Å². The Morgan fingerprint density at radius 3 is 3.00 bits per heavy atom. The number of esters is 1. The summed E-state index contributed by atoms with van der Waals surface area (Å²) >= 11 is 0. The number of anilines is 1. The molecule has 0 radical (unpaired) electrons. The third kappa shape index (κ3) is 2.25. The van der Waals surface area contributed by atoms with Gasteiger partial charge in [0.1, 0.15) is 0 Å². The van der Waals surface area contributed by atoms with Gasteiger partial charge in [0.15, 0.2) is 0 Å². The molecule has 58 valence electrons. The Morgan fingerprint density at radius 2 is 2.45 bits per heavy atom. The van der Waals surface area contributed by atoms with Crippen molar-refractivity contribution < 1.29 is 9.53 Å². The fraction of sp³-hybridized carbons (Fsp3) is 0.143. The van der Waals surface area contributed by atoms with E-state index in [9.17, 15) is 4.79 Å². The van der Waals surface area contributed by atoms with Gasteiger partial charge in [0.25, 0.3) is 0 Å². The molecule has 1 rings (SSSR count). The number of nitrogens with two attached hydrogens (primary N) is 1. The minimum absolute atomic E-state index is 0.234. The van der Waals surface area contributed by atoms with Gasteiger partial charge in [-0.2, -0.15) is 0 Å². The van der Waals surface area contributed by atoms with Crippen molar-refractivity contribution in [2.24, 2.45) is 0 Å². The Kier molecular flexibility index (Phi) is 2.06. The lowest BCUT2D eigenvalue weighted by atomic mass is 10.4. The van der Waals surface area contributed by atoms with E-state index in [0.717, 1.165) is 0 Å². The molecule has 0 aliphatic rings. The van der Waals surface area contributed by atoms with Gasteiger partial charge in [-0.1, -0.05) is 0 Å². The van der Waals surface area contributed by atoms with Gasteiger partial charge >= 0.3 is 5.97 Å². The van der Waals surface area contributed by atoms with Crippen molar-refractivity contribution in [3.05, 3.63) is 18.3 Å². The maximum atomic E-state index is 10.4. The monoisotopic (exact) mass is 152 g/mol. The average molecular weight is 152 g/mol. The highest BCUT2D eigenvalue weighted by molar-refractivity contribution is 5.69. The van der Waals surface area contributed by atoms with Crippen LogP contribution in [-0.2, 0) is 4.79 Å². The molecule has 0 aliphatic heterocycles. The molecular formula is C7H8N2O2. The molecule has 1 aromatic rings. The summed E-state index contributed by atoms with van der Waals surface area (Å²) in [5.74, 6) is -0.166. The number of ether oxygens (including phenoxy) is 1. The van der Waals surface area contributed by atoms with Gasteiger partial charge in [0, 0.05) is 24.9 Å². The smallest absolute Gasteiger partial charge is 0.309 e. The minimum Gasteiger partial charge on any atom is -0.408 e. The van der Waals surface area contributed by atoms with E-state index >= 15 is 0 Å². The average Bonchev–Trinajstić information content (AvgIpc) is 1.85. The van der Waals surface area contributed by atoms with Crippen LogP contribution in [0.3, 0.4) is 0 Å². The number of nitrogens with zero attached hydrogens (tertiary/aromatic N) is 1. The van der Waals surface area contributed by atoms with Gasteiger partial charge in [0.2, 0.25) is 5.88 Å². The Balaban J connectivity index is 2.79. The number of nitrogen functional groups attached to an aromatic ring is 1. The summed E-state index contributed by atoms with van der Waals surface area (Å²) in [7, 11) is 0. The molecule has 0 spiro atoms. The molecule has 0 unspecified atom stereocenters. The molecule has 1 heterocycles. The number of carbonyl (C=O) groups excluding carboxylic acids is 1. The van der Waals surface area contributed by atoms with E-state index in [1.165, 1.54) is 19.2 Å². The zero-order valence-electron chi connectivity index (χ0n) is 6.07. The third-order valence-corrected chi connectivity index (χ3v) is 1.01. The first-order valence-electron chi connectivity index (χ1n) is 3.08. The van der Waals surface area contributed by atoms with Crippen LogP contribution in [0.5, 0.6) is 5.88 Å². The molecule has 0 aliphatic carbocycles. The van der Waals surface area contributed by atoms with E-state index in [-0.39, 0.29) is 5.88 Å². The number of aromatic nitrogens is 1. The van der Waals surface area contributed by atoms with Gasteiger partial charge in [0.05, 0.1) is 0 Å². The van der Waals surface area contributed by atoms with Gasteiger partial charge in [-0.3, -0.25) is 4.79 Å². The highest BCUT2D eigenvalue weighted by Crippen LogP contribution is 2.09. The molecule has 0 bridgehead atoms. The second-order valence-electron chi connectivity index (χ2n) is 2.02. The molecule has 0 fully saturated rings. The summed E-state index contributed by atoms with van der Waals surface area (Å²) < 4.78 is 4.66. The normalized spacial score (nSPS) is 9.18. The molecule has 0 aromatic carbocycles. The van der Waals surface area contributed by atoms with Crippen LogP contribution in [0.1, 0.15) is 6.92 Å². The van der Waals surface area contributed by atoms with Crippen LogP contribution >= 0.6 is 0 Å². The van der Waals surface area contributed by atoms with Crippen molar-refractivity contribution in [3.63, 3.8) is 0 Å². The maximum Gasteiger partial charge on any atom is 0.309 e. The van der Waals surface area contributed by atoms with E-state index < -0.39 is 5.97 Å². The Hall–Kier alpha value is -1.58. The molecule has 4 heteroatoms. The zero-order valence-corrected chi connectivity index (χ0v) is 6.07. The SMILES string of the molecule is CC(=O)Oc1cc(N)ccn1. The Labute approximate surface area is 64.0 Å². The van der Waals surface area contributed by atoms with Crippen molar-refractivity contribution in [2.45, 2.75) is 6.92 Å². The number of hydrogen-bond acceptors (Lipinski definition) is 4. The number of carbonyl (C=O) groups is 1. The lowest BCUT2D eigenvalue weighted by molar-refractivity contribution is -0.132. The fourth-order valence-corrected chi connectivity index (χ4v) is 0.628. The Bertz CT molecular complexity index is 273. The molecule has 0 amide bonds. The molecule has 11 heavy (non-hydrogen) atoms. The summed E-state index contributed by atoms with van der Waals surface area (Å²) in [5.41, 5.74) is 5.93. The largest absolute Gasteiger partial charge is 0.408 e. The fourth-order valence-electron chi connectivity index (χ4n) is 0.628. The summed E-state index contributed by atoms with van der Waals surface area (Å²) in [5, 5.41) is 0. The van der Waals surface area contributed by atoms with E-state index in [0.29, 0.717) is 5.69 Å². The van der Waals surface area contributed by atoms with E-state index in [1.54, 1.807) is 6.07 Å². The van der Waals surface area contributed by atoms with Crippen molar-refractivity contribution in [1.82, 2.24) is 4.98 Å². The van der Waals surface area contributed by atoms with Crippen molar-refractivity contribution in [2.75, 3.05) is 5.73 Å². The van der Waals surface area contributed by atoms with Gasteiger partial charge in [-0.15, -0.1) is 0 Å². The van der Waals surface area contributed by atoms with Crippen LogP contribution in [0, 0.1) is 0 Å². The van der Waals surface area contributed by atoms with Crippen LogP contribution in [-0.4, -0.2) is 11.0 Å². The predicted octanol–water partition coefficient (Wildman–Crippen LogP) is 0.589. The summed E-state index contributed by atoms with van der Waals surface area (Å²) in [6, 6.07) is 3.11. The van der Waals surface area contributed by atoms with E-state index in [2.05, 4.69) is 9.72 Å². The first-order chi connectivity index (χ1) is 5.18. The quantitative estimate of drug-likeness (QED) is 0.598. The second kappa shape index (κ2) is 3.01. The van der Waals surface area contributed by atoms with Crippen LogP contribution in [0.2, 0.25) is 0 Å². The molecule has 0 saturated carbocycles. The van der Waals surface area contributed by atoms with Crippen molar-refractivity contribution in [1.29, 1.82) is 0 Å². The molecular weight excluding hydrogens is 144 g/mol. The maximum absolute atomic E-state index is 10.4. The second-order valence-corrected chi connectivity index (χ2v) is 2.02. The van der Waals surface area contributed by atoms with Gasteiger partial charge in [-0.25, -0.2) is 4.98 Å². The Morgan fingerprint density at radius 1 is 1.73 bits per heavy atom. The van der Waals surface area contributed by atoms with Crippen molar-refractivity contribution >= 4 is 11.7 Å². The van der Waals surface area contributed by atoms with Crippen molar-refractivity contribution in [3.8, 4) is 5.88 Å². The molecule has 0 saturated heterocycles. The molecule has 2 N–H and O–H groups in total. The molecule has 0 atom stereocenters. The topological polar surface area (TPSA) is 65.2 Å². The summed E-state index contributed by atoms with van der Waals surface area (Å²) in [4.78, 5) is 14.2. The van der Waals surface area contributed by atoms with E-state index in [1.807, 2.05) is 0 Å². The summed E-state index contributed by atoms with van der Waals surface area (Å²) in [6.45, 7) is 1.31. The first-order valence-corrected chi connectivity index (χ1v) is 3.08. The number of pyridine rings is 1. The highest BCUT2D eigenvalue weighted by atomic mass is 16.5. The van der Waals surface area contributed by atoms with Crippen LogP contribution in [0.15, 0.2) is 18.3 Å². The first kappa shape index (κ1) is 7.53. The van der Waals surface area contributed by atoms with Gasteiger partial charge < -0.3 is 10.5 Å². The number of hydrogen-bond donors (Lipinski definition) is 1. The van der Waals surface area contributed by atoms with Gasteiger partial charge in [-0.05, 0) is 6.07 Å². The lowest BCUT2D eigenvalue weighted by Crippen LogP contribution is -2.03. The van der Waals surface area contributed by atoms with Crippen LogP contribution in [0.25, 0.3) is 0 Å². The molecule has 4 nitrogen and oxygen atoms in total. The number of rotatable bonds is 1. The minimum atomic E-state index is -0.400. The lowest BCUT2D eigenvalue weighted by Gasteiger charge is -1.98. The standard InChI is InChI=1S/C7H8N2O2/c1-5(10)11-7-4-6(8)2-3-9-7/h2-4H,1H3,(H2,8,9). The summed E-state index contributed by atoms with van der Waals surface area (Å²) in [6.07, 6.45) is 1.48. The third-order valence-electron chi connectivity index (χ3n) is 1.01. The van der Waals surface area contributed by atoms with Crippen LogP contribution in [0.4, 0.5) is 5.69 Å². The predicted molar refractivity (Wildman–Crippen MR) is 40.0 cm³/mol.